The van der Waals surface area contributed by atoms with Gasteiger partial charge in [0.15, 0.2) is 0 Å². The number of hydrogen-bond acceptors (Lipinski definition) is 1. The molecule has 9 rings (SSSR count). The van der Waals surface area contributed by atoms with Crippen molar-refractivity contribution in [3.05, 3.63) is 158 Å². The van der Waals surface area contributed by atoms with Crippen LogP contribution in [0.2, 0.25) is 0 Å². The van der Waals surface area contributed by atoms with Gasteiger partial charge in [-0.2, -0.15) is 0 Å². The lowest BCUT2D eigenvalue weighted by Gasteiger charge is -2.18. The molecule has 1 heteroatoms. The topological polar surface area (TPSA) is 13.1 Å². The van der Waals surface area contributed by atoms with Crippen LogP contribution in [0.1, 0.15) is 11.0 Å². The fourth-order valence-electron chi connectivity index (χ4n) is 6.36. The molecule has 0 bridgehead atoms. The highest BCUT2D eigenvalue weighted by molar-refractivity contribution is 6.23. The van der Waals surface area contributed by atoms with Crippen molar-refractivity contribution in [3.63, 3.8) is 0 Å². The van der Waals surface area contributed by atoms with Crippen molar-refractivity contribution in [2.75, 3.05) is 0 Å². The minimum atomic E-state index is -0.435. The van der Waals surface area contributed by atoms with E-state index in [4.69, 9.17) is 9.90 Å². The van der Waals surface area contributed by atoms with E-state index < -0.39 is 24.2 Å². The molecular weight excluding hydrogens is 520 g/mol. The zero-order chi connectivity index (χ0) is 35.3. The molecule has 200 valence electrons. The number of benzene rings is 8. The maximum Gasteiger partial charge on any atom is 0.136 e. The molecule has 1 aromatic heterocycles. The van der Waals surface area contributed by atoms with Gasteiger partial charge in [0.25, 0.3) is 0 Å². The van der Waals surface area contributed by atoms with Crippen LogP contribution in [0.5, 0.6) is 0 Å². The first kappa shape index (κ1) is 17.3. The molecule has 0 aliphatic rings. The summed E-state index contributed by atoms with van der Waals surface area (Å²) < 4.78 is 78.2. The molecule has 0 aliphatic carbocycles. The monoisotopic (exact) mass is 554 g/mol. The van der Waals surface area contributed by atoms with E-state index in [0.717, 1.165) is 32.7 Å². The molecule has 0 radical (unpaired) electrons. The fraction of sp³-hybridized carbons (Fsp3) is 0. The Kier molecular flexibility index (Phi) is 3.80. The zero-order valence-electron chi connectivity index (χ0n) is 30.8. The van der Waals surface area contributed by atoms with Gasteiger partial charge in [0.2, 0.25) is 0 Å². The standard InChI is InChI=1S/C42H26O/c1-2-10-27(11-3-1)28-18-20-30(21-19-28)40-33-14-6-8-16-35(33)41(36-17-9-7-15-34(36)40)31-22-24-37-39(26-31)43-38-25-23-29-12-4-5-13-32(29)42(37)38/h1-26H/i6D,7D,8D,9D,14D,15D,16D,17D. The minimum Gasteiger partial charge on any atom is -0.456 e. The van der Waals surface area contributed by atoms with Crippen LogP contribution in [0.25, 0.3) is 87.6 Å². The van der Waals surface area contributed by atoms with E-state index in [2.05, 4.69) is 0 Å². The van der Waals surface area contributed by atoms with Gasteiger partial charge in [0, 0.05) is 10.8 Å². The van der Waals surface area contributed by atoms with Gasteiger partial charge in [0.1, 0.15) is 11.2 Å². The third kappa shape index (κ3) is 3.72. The molecule has 1 heterocycles. The molecule has 0 fully saturated rings. The third-order valence-corrected chi connectivity index (χ3v) is 8.31. The summed E-state index contributed by atoms with van der Waals surface area (Å²) in [6.45, 7) is 0. The summed E-state index contributed by atoms with van der Waals surface area (Å²) in [5, 5.41) is 4.59. The van der Waals surface area contributed by atoms with Crippen molar-refractivity contribution < 1.29 is 15.4 Å². The first-order chi connectivity index (χ1) is 24.7. The van der Waals surface area contributed by atoms with Crippen LogP contribution in [-0.4, -0.2) is 0 Å². The van der Waals surface area contributed by atoms with Crippen molar-refractivity contribution in [2.45, 2.75) is 0 Å². The van der Waals surface area contributed by atoms with Crippen molar-refractivity contribution in [1.29, 1.82) is 0 Å². The highest BCUT2D eigenvalue weighted by Gasteiger charge is 2.18. The molecule has 0 spiro atoms. The lowest BCUT2D eigenvalue weighted by molar-refractivity contribution is 0.669. The second-order valence-electron chi connectivity index (χ2n) is 10.7. The van der Waals surface area contributed by atoms with Gasteiger partial charge in [-0.05, 0) is 83.9 Å². The number of furan rings is 1. The summed E-state index contributed by atoms with van der Waals surface area (Å²) in [6, 6.07) is 31.9. The number of rotatable bonds is 3. The van der Waals surface area contributed by atoms with E-state index in [-0.39, 0.29) is 51.3 Å². The van der Waals surface area contributed by atoms with E-state index in [1.165, 1.54) is 0 Å². The Morgan fingerprint density at radius 2 is 0.953 bits per heavy atom. The normalized spacial score (nSPS) is 14.3. The Labute approximate surface area is 260 Å². The van der Waals surface area contributed by atoms with Crippen molar-refractivity contribution in [2.24, 2.45) is 0 Å². The van der Waals surface area contributed by atoms with E-state index in [9.17, 15) is 5.48 Å². The Hall–Kier alpha value is -5.66. The molecule has 9 aromatic rings. The summed E-state index contributed by atoms with van der Waals surface area (Å²) in [5.74, 6) is 0. The fourth-order valence-corrected chi connectivity index (χ4v) is 6.36. The molecule has 0 aliphatic heterocycles. The van der Waals surface area contributed by atoms with Crippen LogP contribution < -0.4 is 0 Å². The Morgan fingerprint density at radius 3 is 1.65 bits per heavy atom. The molecule has 0 unspecified atom stereocenters. The lowest BCUT2D eigenvalue weighted by Crippen LogP contribution is -1.91. The summed E-state index contributed by atoms with van der Waals surface area (Å²) in [6.07, 6.45) is 0. The Bertz CT molecular complexity index is 2850. The van der Waals surface area contributed by atoms with Gasteiger partial charge in [0.05, 0.1) is 11.0 Å². The maximum atomic E-state index is 9.25. The SMILES string of the molecule is [2H]c1c([2H])c([2H])c2c(-c3ccc4c(c3)oc3ccc5ccccc5c34)c3c([2H])c([2H])c([2H])c([2H])c3c(-c3ccc(-c4ccccc4)cc3)c2c1[2H]. The number of fused-ring (bicyclic) bond motifs is 7. The molecule has 1 nitrogen and oxygen atoms in total. The molecule has 0 N–H and O–H groups in total. The van der Waals surface area contributed by atoms with Crippen molar-refractivity contribution in [1.82, 2.24) is 0 Å². The largest absolute Gasteiger partial charge is 0.456 e. The summed E-state index contributed by atoms with van der Waals surface area (Å²) in [5.41, 5.74) is 4.82. The van der Waals surface area contributed by atoms with Gasteiger partial charge in [-0.25, -0.2) is 0 Å². The highest BCUT2D eigenvalue weighted by atomic mass is 16.3. The minimum absolute atomic E-state index is 0.168. The molecule has 0 amide bonds. The van der Waals surface area contributed by atoms with Gasteiger partial charge >= 0.3 is 0 Å². The summed E-state index contributed by atoms with van der Waals surface area (Å²) in [7, 11) is 0. The van der Waals surface area contributed by atoms with E-state index in [0.29, 0.717) is 27.9 Å². The summed E-state index contributed by atoms with van der Waals surface area (Å²) >= 11 is 0. The quantitative estimate of drug-likeness (QED) is 0.198. The van der Waals surface area contributed by atoms with E-state index in [1.54, 1.807) is 6.07 Å². The van der Waals surface area contributed by atoms with Crippen molar-refractivity contribution in [3.8, 4) is 33.4 Å². The smallest absolute Gasteiger partial charge is 0.136 e. The van der Waals surface area contributed by atoms with Crippen molar-refractivity contribution >= 4 is 54.3 Å². The Balaban J connectivity index is 1.44. The average molecular weight is 555 g/mol. The van der Waals surface area contributed by atoms with Gasteiger partial charge in [-0.15, -0.1) is 0 Å². The maximum absolute atomic E-state index is 9.25. The zero-order valence-corrected chi connectivity index (χ0v) is 22.8. The summed E-state index contributed by atoms with van der Waals surface area (Å²) in [4.78, 5) is 0. The number of hydrogen-bond donors (Lipinski definition) is 0. The van der Waals surface area contributed by atoms with Gasteiger partial charge in [-0.1, -0.05) is 139 Å². The first-order valence-corrected chi connectivity index (χ1v) is 14.1. The first-order valence-electron chi connectivity index (χ1n) is 18.1. The second-order valence-corrected chi connectivity index (χ2v) is 10.7. The molecular formula is C42H26O. The second kappa shape index (κ2) is 9.44. The van der Waals surface area contributed by atoms with Gasteiger partial charge in [-0.3, -0.25) is 0 Å². The van der Waals surface area contributed by atoms with E-state index in [1.807, 2.05) is 103 Å². The predicted molar refractivity (Wildman–Crippen MR) is 183 cm³/mol. The predicted octanol–water partition coefficient (Wildman–Crippen LogP) is 12.0. The Morgan fingerprint density at radius 1 is 0.395 bits per heavy atom. The van der Waals surface area contributed by atoms with Crippen LogP contribution >= 0.6 is 0 Å². The van der Waals surface area contributed by atoms with Crippen LogP contribution in [-0.2, 0) is 0 Å². The van der Waals surface area contributed by atoms with E-state index >= 15 is 0 Å². The molecule has 0 atom stereocenters. The highest BCUT2D eigenvalue weighted by Crippen LogP contribution is 2.45. The van der Waals surface area contributed by atoms with Crippen LogP contribution in [0.3, 0.4) is 0 Å². The third-order valence-electron chi connectivity index (χ3n) is 8.31. The molecule has 43 heavy (non-hydrogen) atoms. The van der Waals surface area contributed by atoms with Crippen LogP contribution in [0, 0.1) is 0 Å². The average Bonchev–Trinajstić information content (AvgIpc) is 3.55. The van der Waals surface area contributed by atoms with Crippen LogP contribution in [0.15, 0.2) is 162 Å². The molecule has 0 saturated heterocycles. The molecule has 8 aromatic carbocycles. The molecule has 0 saturated carbocycles. The van der Waals surface area contributed by atoms with Crippen LogP contribution in [0.4, 0.5) is 0 Å². The lowest BCUT2D eigenvalue weighted by atomic mass is 9.85. The van der Waals surface area contributed by atoms with Gasteiger partial charge < -0.3 is 4.42 Å².